The second-order valence-electron chi connectivity index (χ2n) is 5.66. The van der Waals surface area contributed by atoms with Crippen molar-refractivity contribution < 1.29 is 4.79 Å². The van der Waals surface area contributed by atoms with E-state index in [4.69, 9.17) is 0 Å². The number of allylic oxidation sites excluding steroid dienone is 3. The van der Waals surface area contributed by atoms with Crippen molar-refractivity contribution in [2.24, 2.45) is 0 Å². The molecule has 0 bridgehead atoms. The van der Waals surface area contributed by atoms with Gasteiger partial charge in [0.2, 0.25) is 0 Å². The molecule has 1 aromatic carbocycles. The summed E-state index contributed by atoms with van der Waals surface area (Å²) in [4.78, 5) is 22.5. The van der Waals surface area contributed by atoms with Gasteiger partial charge in [-0.3, -0.25) is 4.79 Å². The summed E-state index contributed by atoms with van der Waals surface area (Å²) in [5.41, 5.74) is 2.51. The smallest absolute Gasteiger partial charge is 0.275 e. The highest BCUT2D eigenvalue weighted by atomic mass is 16.2. The van der Waals surface area contributed by atoms with Gasteiger partial charge in [-0.1, -0.05) is 24.3 Å². The van der Waals surface area contributed by atoms with Gasteiger partial charge < -0.3 is 15.5 Å². The van der Waals surface area contributed by atoms with E-state index in [9.17, 15) is 10.1 Å². The molecule has 1 amide bonds. The topological polar surface area (TPSA) is 93.9 Å². The molecule has 1 unspecified atom stereocenters. The van der Waals surface area contributed by atoms with Gasteiger partial charge in [-0.15, -0.1) is 0 Å². The van der Waals surface area contributed by atoms with Crippen LogP contribution in [-0.4, -0.2) is 20.8 Å². The summed E-state index contributed by atoms with van der Waals surface area (Å²) in [6, 6.07) is 11.2. The largest absolute Gasteiger partial charge is 0.355 e. The predicted octanol–water partition coefficient (Wildman–Crippen LogP) is 2.19. The molecule has 0 saturated heterocycles. The lowest BCUT2D eigenvalue weighted by atomic mass is 10.1. The monoisotopic (exact) mass is 342 g/mol. The van der Waals surface area contributed by atoms with Crippen LogP contribution in [0.5, 0.6) is 0 Å². The lowest BCUT2D eigenvalue weighted by Crippen LogP contribution is -2.29. The molecule has 0 fully saturated rings. The molecule has 26 heavy (non-hydrogen) atoms. The first-order chi connectivity index (χ1) is 12.8. The van der Waals surface area contributed by atoms with Crippen LogP contribution < -0.4 is 10.6 Å². The van der Waals surface area contributed by atoms with Crippen molar-refractivity contribution in [2.45, 2.75) is 6.17 Å². The summed E-state index contributed by atoms with van der Waals surface area (Å²) in [7, 11) is 0. The molecule has 0 aliphatic carbocycles. The zero-order valence-electron chi connectivity index (χ0n) is 13.6. The highest BCUT2D eigenvalue weighted by molar-refractivity contribution is 6.04. The van der Waals surface area contributed by atoms with E-state index in [0.717, 1.165) is 11.3 Å². The number of carbonyl (C=O) groups is 1. The first kappa shape index (κ1) is 15.6. The summed E-state index contributed by atoms with van der Waals surface area (Å²) < 4.78 is 0. The van der Waals surface area contributed by atoms with Crippen LogP contribution in [0.4, 0.5) is 5.82 Å². The molecule has 2 aliphatic rings. The van der Waals surface area contributed by atoms with Crippen LogP contribution in [0.3, 0.4) is 0 Å². The van der Waals surface area contributed by atoms with Crippen LogP contribution in [0, 0.1) is 11.3 Å². The fourth-order valence-electron chi connectivity index (χ4n) is 2.96. The fraction of sp³-hybridized carbons (Fsp3) is 0.0526. The second kappa shape index (κ2) is 6.53. The van der Waals surface area contributed by atoms with Crippen LogP contribution in [0.25, 0.3) is 0 Å². The Morgan fingerprint density at radius 3 is 2.96 bits per heavy atom. The number of hydrogen-bond donors (Lipinski definition) is 2. The minimum Gasteiger partial charge on any atom is -0.355 e. The molecule has 7 nitrogen and oxygen atoms in total. The third kappa shape index (κ3) is 2.70. The molecule has 4 rings (SSSR count). The van der Waals surface area contributed by atoms with Crippen LogP contribution in [0.1, 0.15) is 17.3 Å². The molecule has 1 atom stereocenters. The summed E-state index contributed by atoms with van der Waals surface area (Å²) in [5, 5.41) is 15.4. The summed E-state index contributed by atoms with van der Waals surface area (Å²) in [6.07, 6.45) is 10.1. The number of anilines is 1. The highest BCUT2D eigenvalue weighted by Gasteiger charge is 2.35. The molecule has 1 aromatic heterocycles. The molecule has 0 radical (unpaired) electrons. The van der Waals surface area contributed by atoms with E-state index in [1.165, 1.54) is 6.33 Å². The van der Waals surface area contributed by atoms with E-state index in [-0.39, 0.29) is 12.1 Å². The van der Waals surface area contributed by atoms with Gasteiger partial charge in [-0.05, 0) is 24.3 Å². The first-order valence-electron chi connectivity index (χ1n) is 7.98. The summed E-state index contributed by atoms with van der Waals surface area (Å²) in [5.74, 6) is 0.114. The van der Waals surface area contributed by atoms with E-state index < -0.39 is 0 Å². The number of hydrogen-bond acceptors (Lipinski definition) is 6. The maximum absolute atomic E-state index is 12.8. The highest BCUT2D eigenvalue weighted by Crippen LogP contribution is 2.35. The number of nitrogens with one attached hydrogen (secondary N) is 2. The SMILES string of the molecule is N#Cc1ccccc1C1NC(C(=O)Nc2ccncn2)=C2C=CC=CN21. The van der Waals surface area contributed by atoms with Crippen molar-refractivity contribution in [3.8, 4) is 6.07 Å². The second-order valence-corrected chi connectivity index (χ2v) is 5.66. The molecule has 126 valence electrons. The van der Waals surface area contributed by atoms with Gasteiger partial charge in [0.15, 0.2) is 0 Å². The number of nitriles is 1. The number of carbonyl (C=O) groups excluding carboxylic acids is 1. The molecule has 3 heterocycles. The molecule has 0 spiro atoms. The molecular formula is C19H14N6O. The predicted molar refractivity (Wildman–Crippen MR) is 94.8 cm³/mol. The Bertz CT molecular complexity index is 987. The van der Waals surface area contributed by atoms with Crippen molar-refractivity contribution in [2.75, 3.05) is 5.32 Å². The minimum atomic E-state index is -0.340. The van der Waals surface area contributed by atoms with Gasteiger partial charge in [-0.2, -0.15) is 5.26 Å². The van der Waals surface area contributed by atoms with Gasteiger partial charge in [0.25, 0.3) is 5.91 Å². The van der Waals surface area contributed by atoms with Gasteiger partial charge in [0.1, 0.15) is 24.0 Å². The molecule has 2 N–H and O–H groups in total. The van der Waals surface area contributed by atoms with E-state index in [2.05, 4.69) is 26.7 Å². The van der Waals surface area contributed by atoms with Gasteiger partial charge in [0.05, 0.1) is 17.3 Å². The molecule has 2 aliphatic heterocycles. The average molecular weight is 342 g/mol. The third-order valence-corrected chi connectivity index (χ3v) is 4.13. The number of benzene rings is 1. The number of rotatable bonds is 3. The maximum Gasteiger partial charge on any atom is 0.275 e. The Hall–Kier alpha value is -3.92. The number of aromatic nitrogens is 2. The fourth-order valence-corrected chi connectivity index (χ4v) is 2.96. The summed E-state index contributed by atoms with van der Waals surface area (Å²) >= 11 is 0. The average Bonchev–Trinajstić information content (AvgIpc) is 3.08. The zero-order chi connectivity index (χ0) is 17.9. The summed E-state index contributed by atoms with van der Waals surface area (Å²) in [6.45, 7) is 0. The molecule has 0 saturated carbocycles. The van der Waals surface area contributed by atoms with Crippen molar-refractivity contribution in [1.29, 1.82) is 5.26 Å². The normalized spacial score (nSPS) is 17.5. The molecule has 7 heteroatoms. The lowest BCUT2D eigenvalue weighted by molar-refractivity contribution is -0.113. The number of amides is 1. The van der Waals surface area contributed by atoms with E-state index in [0.29, 0.717) is 17.1 Å². The molecule has 2 aromatic rings. The quantitative estimate of drug-likeness (QED) is 0.888. The third-order valence-electron chi connectivity index (χ3n) is 4.13. The molecular weight excluding hydrogens is 328 g/mol. The van der Waals surface area contributed by atoms with Gasteiger partial charge in [-0.25, -0.2) is 9.97 Å². The van der Waals surface area contributed by atoms with Crippen molar-refractivity contribution in [3.05, 3.63) is 89.8 Å². The van der Waals surface area contributed by atoms with Gasteiger partial charge in [0, 0.05) is 18.0 Å². The standard InChI is InChI=1S/C19H14N6O/c20-11-13-5-1-2-6-14(13)18-24-17(15-7-3-4-10-25(15)18)19(26)23-16-8-9-21-12-22-16/h1-10,12,18,24H,(H,21,22,23,26). The van der Waals surface area contributed by atoms with Gasteiger partial charge >= 0.3 is 0 Å². The van der Waals surface area contributed by atoms with Crippen molar-refractivity contribution in [3.63, 3.8) is 0 Å². The van der Waals surface area contributed by atoms with Crippen molar-refractivity contribution in [1.82, 2.24) is 20.2 Å². The Labute approximate surface area is 150 Å². The van der Waals surface area contributed by atoms with E-state index in [1.54, 1.807) is 18.3 Å². The van der Waals surface area contributed by atoms with Crippen LogP contribution in [0.15, 0.2) is 78.7 Å². The lowest BCUT2D eigenvalue weighted by Gasteiger charge is -2.26. The Balaban J connectivity index is 1.67. The Morgan fingerprint density at radius 2 is 2.15 bits per heavy atom. The number of nitrogens with zero attached hydrogens (tertiary/aromatic N) is 4. The Kier molecular flexibility index (Phi) is 3.92. The van der Waals surface area contributed by atoms with Crippen molar-refractivity contribution >= 4 is 11.7 Å². The van der Waals surface area contributed by atoms with Crippen LogP contribution in [0.2, 0.25) is 0 Å². The van der Waals surface area contributed by atoms with Crippen LogP contribution >= 0.6 is 0 Å². The van der Waals surface area contributed by atoms with Crippen LogP contribution in [-0.2, 0) is 4.79 Å². The first-order valence-corrected chi connectivity index (χ1v) is 7.98. The zero-order valence-corrected chi connectivity index (χ0v) is 13.6. The Morgan fingerprint density at radius 1 is 1.27 bits per heavy atom. The number of fused-ring (bicyclic) bond motifs is 1. The maximum atomic E-state index is 12.8. The van der Waals surface area contributed by atoms with E-state index >= 15 is 0 Å². The van der Waals surface area contributed by atoms with E-state index in [1.807, 2.05) is 47.5 Å². The minimum absolute atomic E-state index is 0.305.